The molecule has 1 aromatic rings. The number of methoxy groups -OCH3 is 1. The van der Waals surface area contributed by atoms with Crippen molar-refractivity contribution in [2.75, 3.05) is 26.0 Å². The number of halogens is 1. The van der Waals surface area contributed by atoms with Gasteiger partial charge in [0.25, 0.3) is 0 Å². The number of carbonyl (C=O) groups is 1. The van der Waals surface area contributed by atoms with Crippen molar-refractivity contribution in [3.63, 3.8) is 0 Å². The maximum atomic E-state index is 11.9. The van der Waals surface area contributed by atoms with Gasteiger partial charge in [-0.3, -0.25) is 4.79 Å². The van der Waals surface area contributed by atoms with Crippen LogP contribution in [-0.4, -0.2) is 37.6 Å². The van der Waals surface area contributed by atoms with E-state index in [1.165, 1.54) is 0 Å². The number of nitrogens with zero attached hydrogens (tertiary/aromatic N) is 1. The smallest absolute Gasteiger partial charge is 0.244 e. The van der Waals surface area contributed by atoms with Gasteiger partial charge in [-0.15, -0.1) is 0 Å². The Morgan fingerprint density at radius 2 is 2.33 bits per heavy atom. The molecular formula is C13H17BrN2O2. The first kappa shape index (κ1) is 13.4. The number of hydrogen-bond acceptors (Lipinski definition) is 3. The lowest BCUT2D eigenvalue weighted by Crippen LogP contribution is -2.31. The van der Waals surface area contributed by atoms with E-state index in [0.29, 0.717) is 6.61 Å². The number of amides is 1. The Hall–Kier alpha value is -1.07. The molecule has 0 spiro atoms. The molecule has 2 rings (SSSR count). The minimum absolute atomic E-state index is 0.125. The van der Waals surface area contributed by atoms with Crippen LogP contribution in [0.3, 0.4) is 0 Å². The minimum Gasteiger partial charge on any atom is -0.380 e. The molecule has 0 saturated carbocycles. The molecule has 4 nitrogen and oxygen atoms in total. The van der Waals surface area contributed by atoms with Crippen molar-refractivity contribution in [3.05, 3.63) is 28.2 Å². The number of ether oxygens (including phenoxy) is 1. The predicted octanol–water partition coefficient (Wildman–Crippen LogP) is 2.24. The van der Waals surface area contributed by atoms with Crippen LogP contribution in [0.4, 0.5) is 5.69 Å². The Bertz CT molecular complexity index is 451. The molecule has 0 radical (unpaired) electrons. The summed E-state index contributed by atoms with van der Waals surface area (Å²) < 4.78 is 6.19. The van der Waals surface area contributed by atoms with E-state index in [2.05, 4.69) is 21.2 Å². The van der Waals surface area contributed by atoms with Crippen LogP contribution in [0, 0.1) is 0 Å². The molecular weight excluding hydrogens is 296 g/mol. The zero-order chi connectivity index (χ0) is 13.1. The van der Waals surface area contributed by atoms with Gasteiger partial charge in [0.15, 0.2) is 0 Å². The zero-order valence-electron chi connectivity index (χ0n) is 10.6. The van der Waals surface area contributed by atoms with E-state index in [9.17, 15) is 4.79 Å². The van der Waals surface area contributed by atoms with Crippen molar-refractivity contribution in [3.8, 4) is 0 Å². The summed E-state index contributed by atoms with van der Waals surface area (Å²) in [6.45, 7) is 1.32. The summed E-state index contributed by atoms with van der Waals surface area (Å²) in [5, 5.41) is 3.31. The molecule has 1 heterocycles. The van der Waals surface area contributed by atoms with Crippen molar-refractivity contribution in [2.24, 2.45) is 0 Å². The Kier molecular flexibility index (Phi) is 4.24. The SMILES string of the molecule is COCc1c(Br)cccc1NC1CCN(C)C1=O. The molecule has 1 N–H and O–H groups in total. The highest BCUT2D eigenvalue weighted by molar-refractivity contribution is 9.10. The molecule has 0 aliphatic carbocycles. The maximum Gasteiger partial charge on any atom is 0.244 e. The highest BCUT2D eigenvalue weighted by Gasteiger charge is 2.29. The summed E-state index contributed by atoms with van der Waals surface area (Å²) in [6.07, 6.45) is 0.842. The summed E-state index contributed by atoms with van der Waals surface area (Å²) in [5.74, 6) is 0.151. The van der Waals surface area contributed by atoms with Gasteiger partial charge >= 0.3 is 0 Å². The van der Waals surface area contributed by atoms with Crippen LogP contribution in [-0.2, 0) is 16.1 Å². The van der Waals surface area contributed by atoms with E-state index in [1.54, 1.807) is 12.0 Å². The molecule has 5 heteroatoms. The van der Waals surface area contributed by atoms with Crippen LogP contribution in [0.2, 0.25) is 0 Å². The normalized spacial score (nSPS) is 19.4. The molecule has 0 aromatic heterocycles. The van der Waals surface area contributed by atoms with Crippen LogP contribution in [0.5, 0.6) is 0 Å². The molecule has 1 saturated heterocycles. The third-order valence-corrected chi connectivity index (χ3v) is 3.91. The van der Waals surface area contributed by atoms with Crippen LogP contribution in [0.1, 0.15) is 12.0 Å². The van der Waals surface area contributed by atoms with Crippen molar-refractivity contribution in [1.29, 1.82) is 0 Å². The maximum absolute atomic E-state index is 11.9. The standard InChI is InChI=1S/C13H17BrN2O2/c1-16-7-6-12(13(16)17)15-11-5-3-4-10(14)9(11)8-18-2/h3-5,12,15H,6-8H2,1-2H3. The number of carbonyl (C=O) groups excluding carboxylic acids is 1. The topological polar surface area (TPSA) is 41.6 Å². The van der Waals surface area contributed by atoms with Crippen LogP contribution in [0.15, 0.2) is 22.7 Å². The second-order valence-electron chi connectivity index (χ2n) is 4.44. The van der Waals surface area contributed by atoms with Gasteiger partial charge in [0.05, 0.1) is 6.61 Å². The van der Waals surface area contributed by atoms with E-state index < -0.39 is 0 Å². The molecule has 1 unspecified atom stereocenters. The molecule has 18 heavy (non-hydrogen) atoms. The van der Waals surface area contributed by atoms with E-state index >= 15 is 0 Å². The quantitative estimate of drug-likeness (QED) is 0.927. The summed E-state index contributed by atoms with van der Waals surface area (Å²) in [7, 11) is 3.50. The van der Waals surface area contributed by atoms with Gasteiger partial charge in [-0.05, 0) is 18.6 Å². The monoisotopic (exact) mass is 312 g/mol. The van der Waals surface area contributed by atoms with E-state index in [1.807, 2.05) is 25.2 Å². The second kappa shape index (κ2) is 5.71. The third-order valence-electron chi connectivity index (χ3n) is 3.16. The first-order valence-corrected chi connectivity index (χ1v) is 6.70. The average Bonchev–Trinajstić information content (AvgIpc) is 2.66. The van der Waals surface area contributed by atoms with Crippen molar-refractivity contribution in [2.45, 2.75) is 19.1 Å². The Labute approximate surface area is 115 Å². The molecule has 98 valence electrons. The Balaban J connectivity index is 2.18. The fourth-order valence-corrected chi connectivity index (χ4v) is 2.61. The fraction of sp³-hybridized carbons (Fsp3) is 0.462. The first-order chi connectivity index (χ1) is 8.63. The summed E-state index contributed by atoms with van der Waals surface area (Å²) in [4.78, 5) is 13.6. The second-order valence-corrected chi connectivity index (χ2v) is 5.30. The predicted molar refractivity (Wildman–Crippen MR) is 74.5 cm³/mol. The average molecular weight is 313 g/mol. The van der Waals surface area contributed by atoms with E-state index in [-0.39, 0.29) is 11.9 Å². The third kappa shape index (κ3) is 2.67. The lowest BCUT2D eigenvalue weighted by molar-refractivity contribution is -0.127. The molecule has 1 amide bonds. The van der Waals surface area contributed by atoms with Crippen molar-refractivity contribution < 1.29 is 9.53 Å². The van der Waals surface area contributed by atoms with Crippen molar-refractivity contribution in [1.82, 2.24) is 4.90 Å². The number of benzene rings is 1. The lowest BCUT2D eigenvalue weighted by atomic mass is 10.1. The summed E-state index contributed by atoms with van der Waals surface area (Å²) >= 11 is 3.51. The number of likely N-dealkylation sites (N-methyl/N-ethyl adjacent to an activating group) is 1. The van der Waals surface area contributed by atoms with Gasteiger partial charge < -0.3 is 15.0 Å². The van der Waals surface area contributed by atoms with Gasteiger partial charge in [-0.25, -0.2) is 0 Å². The highest BCUT2D eigenvalue weighted by atomic mass is 79.9. The van der Waals surface area contributed by atoms with Crippen molar-refractivity contribution >= 4 is 27.5 Å². The highest BCUT2D eigenvalue weighted by Crippen LogP contribution is 2.27. The minimum atomic E-state index is -0.125. The Morgan fingerprint density at radius 1 is 1.56 bits per heavy atom. The molecule has 1 aliphatic rings. The molecule has 1 aliphatic heterocycles. The van der Waals surface area contributed by atoms with Crippen LogP contribution < -0.4 is 5.32 Å². The fourth-order valence-electron chi connectivity index (χ4n) is 2.13. The number of likely N-dealkylation sites (tertiary alicyclic amines) is 1. The van der Waals surface area contributed by atoms with Gasteiger partial charge in [0.2, 0.25) is 5.91 Å². The molecule has 1 fully saturated rings. The summed E-state index contributed by atoms with van der Waals surface area (Å²) in [5.41, 5.74) is 2.00. The van der Waals surface area contributed by atoms with Gasteiger partial charge in [-0.1, -0.05) is 22.0 Å². The van der Waals surface area contributed by atoms with Crippen LogP contribution >= 0.6 is 15.9 Å². The molecule has 0 bridgehead atoms. The lowest BCUT2D eigenvalue weighted by Gasteiger charge is -2.17. The number of rotatable bonds is 4. The van der Waals surface area contributed by atoms with Gasteiger partial charge in [-0.2, -0.15) is 0 Å². The summed E-state index contributed by atoms with van der Waals surface area (Å²) in [6, 6.07) is 5.78. The zero-order valence-corrected chi connectivity index (χ0v) is 12.2. The number of anilines is 1. The van der Waals surface area contributed by atoms with E-state index in [4.69, 9.17) is 4.74 Å². The van der Waals surface area contributed by atoms with Gasteiger partial charge in [0.1, 0.15) is 6.04 Å². The van der Waals surface area contributed by atoms with Gasteiger partial charge in [0, 0.05) is 36.4 Å². The number of nitrogens with one attached hydrogen (secondary N) is 1. The van der Waals surface area contributed by atoms with Crippen LogP contribution in [0.25, 0.3) is 0 Å². The largest absolute Gasteiger partial charge is 0.380 e. The molecule has 1 atom stereocenters. The molecule has 1 aromatic carbocycles. The Morgan fingerprint density at radius 3 is 2.94 bits per heavy atom. The number of hydrogen-bond donors (Lipinski definition) is 1. The van der Waals surface area contributed by atoms with E-state index in [0.717, 1.165) is 28.7 Å². The first-order valence-electron chi connectivity index (χ1n) is 5.91.